The van der Waals surface area contributed by atoms with Crippen molar-refractivity contribution in [3.05, 3.63) is 47.1 Å². The molecule has 0 spiro atoms. The molecular formula is C15H17N3OS. The van der Waals surface area contributed by atoms with Gasteiger partial charge in [-0.3, -0.25) is 5.32 Å². The summed E-state index contributed by atoms with van der Waals surface area (Å²) in [5, 5.41) is 4.56. The fourth-order valence-corrected chi connectivity index (χ4v) is 3.14. The van der Waals surface area contributed by atoms with Gasteiger partial charge in [0.15, 0.2) is 0 Å². The maximum Gasteiger partial charge on any atom is 0.211 e. The van der Waals surface area contributed by atoms with Crippen molar-refractivity contribution in [2.24, 2.45) is 0 Å². The molecule has 4 nitrogen and oxygen atoms in total. The van der Waals surface area contributed by atoms with Crippen LogP contribution >= 0.6 is 11.3 Å². The second kappa shape index (κ2) is 5.34. The Kier molecular flexibility index (Phi) is 3.54. The summed E-state index contributed by atoms with van der Waals surface area (Å²) in [6.07, 6.45) is 1.75. The molecule has 1 aromatic carbocycles. The Labute approximate surface area is 121 Å². The number of oxazole rings is 1. The molecule has 2 aromatic heterocycles. The van der Waals surface area contributed by atoms with Gasteiger partial charge >= 0.3 is 0 Å². The van der Waals surface area contributed by atoms with E-state index < -0.39 is 0 Å². The summed E-state index contributed by atoms with van der Waals surface area (Å²) < 4.78 is 6.77. The van der Waals surface area contributed by atoms with Crippen LogP contribution in [-0.2, 0) is 0 Å². The number of benzene rings is 1. The van der Waals surface area contributed by atoms with Gasteiger partial charge in [0.1, 0.15) is 10.8 Å². The smallest absolute Gasteiger partial charge is 0.211 e. The first-order chi connectivity index (χ1) is 9.63. The molecule has 3 aromatic rings. The third kappa shape index (κ3) is 2.59. The number of rotatable bonds is 4. The maximum atomic E-state index is 5.55. The normalized spacial score (nSPS) is 14.6. The third-order valence-electron chi connectivity index (χ3n) is 3.19. The van der Waals surface area contributed by atoms with Crippen molar-refractivity contribution >= 4 is 21.6 Å². The summed E-state index contributed by atoms with van der Waals surface area (Å²) >= 11 is 1.72. The van der Waals surface area contributed by atoms with Gasteiger partial charge in [-0.25, -0.2) is 9.97 Å². The number of aryl methyl sites for hydroxylation is 1. The number of hydrogen-bond donors (Lipinski definition) is 1. The zero-order valence-electron chi connectivity index (χ0n) is 11.8. The Bertz CT molecular complexity index is 686. The van der Waals surface area contributed by atoms with Crippen molar-refractivity contribution in [1.29, 1.82) is 0 Å². The summed E-state index contributed by atoms with van der Waals surface area (Å²) in [5.41, 5.74) is 1.06. The first-order valence-electron chi connectivity index (χ1n) is 6.67. The number of nitrogens with one attached hydrogen (secondary N) is 1. The third-order valence-corrected chi connectivity index (χ3v) is 4.41. The fourth-order valence-electron chi connectivity index (χ4n) is 2.17. The zero-order valence-corrected chi connectivity index (χ0v) is 12.6. The molecule has 0 fully saturated rings. The molecule has 0 radical (unpaired) electrons. The van der Waals surface area contributed by atoms with Crippen molar-refractivity contribution in [1.82, 2.24) is 15.3 Å². The van der Waals surface area contributed by atoms with Crippen LogP contribution in [0.4, 0.5) is 0 Å². The van der Waals surface area contributed by atoms with E-state index in [0.717, 1.165) is 22.2 Å². The molecule has 0 saturated carbocycles. The molecule has 1 N–H and O–H groups in total. The van der Waals surface area contributed by atoms with Crippen molar-refractivity contribution < 1.29 is 4.42 Å². The van der Waals surface area contributed by atoms with Crippen molar-refractivity contribution in [2.75, 3.05) is 0 Å². The van der Waals surface area contributed by atoms with E-state index in [0.29, 0.717) is 0 Å². The largest absolute Gasteiger partial charge is 0.444 e. The predicted octanol–water partition coefficient (Wildman–Crippen LogP) is 4.00. The lowest BCUT2D eigenvalue weighted by Gasteiger charge is -2.15. The first-order valence-corrected chi connectivity index (χ1v) is 7.49. The van der Waals surface area contributed by atoms with Crippen molar-refractivity contribution in [3.63, 3.8) is 0 Å². The lowest BCUT2D eigenvalue weighted by atomic mass is 10.2. The SMILES string of the molecule is Cc1cnc(C(C)NC(C)c2nc3ccccc3s2)o1. The lowest BCUT2D eigenvalue weighted by Crippen LogP contribution is -2.22. The van der Waals surface area contributed by atoms with Gasteiger partial charge in [-0.2, -0.15) is 0 Å². The fraction of sp³-hybridized carbons (Fsp3) is 0.333. The highest BCUT2D eigenvalue weighted by Crippen LogP contribution is 2.27. The summed E-state index contributed by atoms with van der Waals surface area (Å²) in [6.45, 7) is 6.07. The molecule has 2 atom stereocenters. The predicted molar refractivity (Wildman–Crippen MR) is 80.8 cm³/mol. The molecule has 0 amide bonds. The van der Waals surface area contributed by atoms with E-state index in [2.05, 4.69) is 35.2 Å². The minimum atomic E-state index is 0.0608. The Morgan fingerprint density at radius 1 is 1.20 bits per heavy atom. The van der Waals surface area contributed by atoms with E-state index in [1.807, 2.05) is 25.1 Å². The van der Waals surface area contributed by atoms with E-state index in [1.54, 1.807) is 17.5 Å². The van der Waals surface area contributed by atoms with Gasteiger partial charge in [-0.15, -0.1) is 11.3 Å². The van der Waals surface area contributed by atoms with E-state index in [9.17, 15) is 0 Å². The highest BCUT2D eigenvalue weighted by Gasteiger charge is 2.17. The molecule has 3 rings (SSSR count). The lowest BCUT2D eigenvalue weighted by molar-refractivity contribution is 0.380. The number of nitrogens with zero attached hydrogens (tertiary/aromatic N) is 2. The van der Waals surface area contributed by atoms with Crippen LogP contribution in [0.3, 0.4) is 0 Å². The van der Waals surface area contributed by atoms with Crippen LogP contribution in [0.1, 0.15) is 42.6 Å². The standard InChI is InChI=1S/C15H17N3OS/c1-9-8-16-14(19-9)10(2)17-11(3)15-18-12-6-4-5-7-13(12)20-15/h4-8,10-11,17H,1-3H3. The van der Waals surface area contributed by atoms with Crippen molar-refractivity contribution in [2.45, 2.75) is 32.9 Å². The molecule has 0 aliphatic rings. The number of para-hydroxylation sites is 1. The summed E-state index contributed by atoms with van der Waals surface area (Å²) in [6, 6.07) is 8.43. The minimum absolute atomic E-state index is 0.0608. The minimum Gasteiger partial charge on any atom is -0.444 e. The van der Waals surface area contributed by atoms with Gasteiger partial charge in [0, 0.05) is 0 Å². The average Bonchev–Trinajstić information content (AvgIpc) is 3.04. The Hall–Kier alpha value is -1.72. The molecule has 0 aliphatic heterocycles. The highest BCUT2D eigenvalue weighted by atomic mass is 32.1. The van der Waals surface area contributed by atoms with Gasteiger partial charge < -0.3 is 4.42 Å². The Morgan fingerprint density at radius 3 is 2.70 bits per heavy atom. The summed E-state index contributed by atoms with van der Waals surface area (Å²) in [4.78, 5) is 8.93. The molecule has 0 aliphatic carbocycles. The molecule has 0 bridgehead atoms. The van der Waals surface area contributed by atoms with Crippen LogP contribution in [0, 0.1) is 6.92 Å². The maximum absolute atomic E-state index is 5.55. The second-order valence-electron chi connectivity index (χ2n) is 4.94. The van der Waals surface area contributed by atoms with Crippen LogP contribution in [0.5, 0.6) is 0 Å². The van der Waals surface area contributed by atoms with Crippen LogP contribution in [-0.4, -0.2) is 9.97 Å². The second-order valence-corrected chi connectivity index (χ2v) is 6.00. The van der Waals surface area contributed by atoms with Gasteiger partial charge in [0.25, 0.3) is 0 Å². The van der Waals surface area contributed by atoms with Crippen molar-refractivity contribution in [3.8, 4) is 0 Å². The van der Waals surface area contributed by atoms with E-state index >= 15 is 0 Å². The molecule has 0 saturated heterocycles. The van der Waals surface area contributed by atoms with Crippen LogP contribution in [0.2, 0.25) is 0 Å². The molecule has 104 valence electrons. The Morgan fingerprint density at radius 2 is 2.00 bits per heavy atom. The van der Waals surface area contributed by atoms with E-state index in [-0.39, 0.29) is 12.1 Å². The average molecular weight is 287 g/mol. The number of hydrogen-bond acceptors (Lipinski definition) is 5. The number of aromatic nitrogens is 2. The van der Waals surface area contributed by atoms with Crippen LogP contribution < -0.4 is 5.32 Å². The summed E-state index contributed by atoms with van der Waals surface area (Å²) in [5.74, 6) is 1.55. The summed E-state index contributed by atoms with van der Waals surface area (Å²) in [7, 11) is 0. The number of thiazole rings is 1. The van der Waals surface area contributed by atoms with E-state index in [4.69, 9.17) is 4.42 Å². The molecule has 2 unspecified atom stereocenters. The van der Waals surface area contributed by atoms with Crippen LogP contribution in [0.15, 0.2) is 34.9 Å². The molecule has 5 heteroatoms. The molecular weight excluding hydrogens is 270 g/mol. The Balaban J connectivity index is 1.76. The quantitative estimate of drug-likeness (QED) is 0.788. The monoisotopic (exact) mass is 287 g/mol. The number of fused-ring (bicyclic) bond motifs is 1. The topological polar surface area (TPSA) is 51.0 Å². The van der Waals surface area contributed by atoms with Crippen LogP contribution in [0.25, 0.3) is 10.2 Å². The van der Waals surface area contributed by atoms with E-state index in [1.165, 1.54) is 4.70 Å². The van der Waals surface area contributed by atoms with Gasteiger partial charge in [0.05, 0.1) is 28.5 Å². The van der Waals surface area contributed by atoms with Gasteiger partial charge in [0.2, 0.25) is 5.89 Å². The van der Waals surface area contributed by atoms with Gasteiger partial charge in [-0.1, -0.05) is 12.1 Å². The van der Waals surface area contributed by atoms with Gasteiger partial charge in [-0.05, 0) is 32.9 Å². The zero-order chi connectivity index (χ0) is 14.1. The first kappa shape index (κ1) is 13.3. The highest BCUT2D eigenvalue weighted by molar-refractivity contribution is 7.18. The molecule has 2 heterocycles. The molecule has 20 heavy (non-hydrogen) atoms.